The lowest BCUT2D eigenvalue weighted by atomic mass is 10.0. The van der Waals surface area contributed by atoms with Gasteiger partial charge in [0.2, 0.25) is 0 Å². The maximum absolute atomic E-state index is 13.7. The number of ketones is 1. The molecule has 0 radical (unpaired) electrons. The van der Waals surface area contributed by atoms with Crippen LogP contribution in [0.15, 0.2) is 53.9 Å². The lowest BCUT2D eigenvalue weighted by molar-refractivity contribution is -0.137. The van der Waals surface area contributed by atoms with Crippen LogP contribution < -0.4 is 14.8 Å². The number of hydrogen-bond acceptors (Lipinski definition) is 6. The summed E-state index contributed by atoms with van der Waals surface area (Å²) >= 11 is 1.40. The molecule has 186 valence electrons. The summed E-state index contributed by atoms with van der Waals surface area (Å²) in [4.78, 5) is 29.6. The minimum atomic E-state index is -4.68. The average molecular weight is 515 g/mol. The van der Waals surface area contributed by atoms with Gasteiger partial charge in [-0.05, 0) is 42.8 Å². The first-order valence-corrected chi connectivity index (χ1v) is 11.6. The van der Waals surface area contributed by atoms with Crippen molar-refractivity contribution < 1.29 is 32.2 Å². The molecule has 0 bridgehead atoms. The smallest absolute Gasteiger partial charge is 0.416 e. The van der Waals surface area contributed by atoms with E-state index in [1.54, 1.807) is 11.4 Å². The Hall–Kier alpha value is -3.92. The molecule has 2 aromatic carbocycles. The lowest BCUT2D eigenvalue weighted by Crippen LogP contribution is -2.30. The van der Waals surface area contributed by atoms with Gasteiger partial charge in [-0.15, -0.1) is 11.3 Å². The van der Waals surface area contributed by atoms with Crippen molar-refractivity contribution in [3.05, 3.63) is 76.3 Å². The molecule has 10 heteroatoms. The van der Waals surface area contributed by atoms with Crippen LogP contribution in [-0.2, 0) is 6.18 Å². The summed E-state index contributed by atoms with van der Waals surface area (Å²) in [5, 5.41) is 4.92. The topological polar surface area (TPSA) is 77.5 Å². The Morgan fingerprint density at radius 3 is 2.47 bits per heavy atom. The van der Waals surface area contributed by atoms with Gasteiger partial charge in [0.1, 0.15) is 5.69 Å². The molecule has 4 rings (SSSR count). The van der Waals surface area contributed by atoms with Gasteiger partial charge in [-0.1, -0.05) is 18.2 Å². The van der Waals surface area contributed by atoms with Gasteiger partial charge in [0, 0.05) is 26.6 Å². The minimum absolute atomic E-state index is 0.0382. The van der Waals surface area contributed by atoms with Crippen LogP contribution in [0.2, 0.25) is 0 Å². The molecule has 0 spiro atoms. The highest BCUT2D eigenvalue weighted by Crippen LogP contribution is 2.38. The number of carbonyl (C=O) groups is 2. The third kappa shape index (κ3) is 5.03. The largest absolute Gasteiger partial charge is 0.493 e. The second-order valence-corrected chi connectivity index (χ2v) is 8.78. The zero-order valence-electron chi connectivity index (χ0n) is 19.5. The fourth-order valence-electron chi connectivity index (χ4n) is 3.71. The number of pyridine rings is 1. The molecule has 0 atom stereocenters. The quantitative estimate of drug-likeness (QED) is 0.310. The van der Waals surface area contributed by atoms with Gasteiger partial charge >= 0.3 is 6.18 Å². The van der Waals surface area contributed by atoms with Crippen molar-refractivity contribution in [3.63, 3.8) is 0 Å². The lowest BCUT2D eigenvalue weighted by Gasteiger charge is -2.12. The molecule has 0 aliphatic rings. The number of ether oxygens (including phenoxy) is 2. The van der Waals surface area contributed by atoms with E-state index in [2.05, 4.69) is 10.3 Å². The average Bonchev–Trinajstić information content (AvgIpc) is 3.31. The third-order valence-electron chi connectivity index (χ3n) is 5.57. The Morgan fingerprint density at radius 2 is 1.78 bits per heavy atom. The van der Waals surface area contributed by atoms with E-state index < -0.39 is 30.0 Å². The van der Waals surface area contributed by atoms with Gasteiger partial charge in [0.25, 0.3) is 5.91 Å². The van der Waals surface area contributed by atoms with Gasteiger partial charge in [-0.3, -0.25) is 9.59 Å². The summed E-state index contributed by atoms with van der Waals surface area (Å²) < 4.78 is 52.2. The fourth-order valence-corrected chi connectivity index (χ4v) is 4.75. The number of nitrogens with zero attached hydrogens (tertiary/aromatic N) is 1. The van der Waals surface area contributed by atoms with Crippen LogP contribution in [0.5, 0.6) is 11.5 Å². The van der Waals surface area contributed by atoms with E-state index in [0.717, 1.165) is 21.7 Å². The first kappa shape index (κ1) is 25.2. The van der Waals surface area contributed by atoms with Gasteiger partial charge in [-0.2, -0.15) is 13.2 Å². The molecule has 36 heavy (non-hydrogen) atoms. The Kier molecular flexibility index (Phi) is 6.98. The van der Waals surface area contributed by atoms with E-state index in [1.807, 2.05) is 19.1 Å². The van der Waals surface area contributed by atoms with Crippen LogP contribution in [0.1, 0.15) is 32.0 Å². The number of alkyl halides is 3. The zero-order chi connectivity index (χ0) is 26.0. The maximum Gasteiger partial charge on any atom is 0.416 e. The molecule has 0 saturated carbocycles. The number of Topliss-reactive ketones (excluding diaryl/α,β-unsaturated/α-hetero) is 1. The van der Waals surface area contributed by atoms with E-state index in [9.17, 15) is 22.8 Å². The molecule has 6 nitrogen and oxygen atoms in total. The zero-order valence-corrected chi connectivity index (χ0v) is 20.3. The molecule has 0 saturated heterocycles. The van der Waals surface area contributed by atoms with Crippen molar-refractivity contribution >= 4 is 33.1 Å². The molecular formula is C26H21F3N2O4S. The standard InChI is InChI=1S/C26H21F3N2O4S/c1-14-5-4-6-17-18(13-36-24(14)17)19-10-16(26(27,28)29)11-20(31-19)21(32)12-30-25(33)15-7-8-22(34-2)23(9-15)35-3/h4-11,13H,12H2,1-3H3,(H,30,33). The monoisotopic (exact) mass is 514 g/mol. The number of aromatic nitrogens is 1. The summed E-state index contributed by atoms with van der Waals surface area (Å²) in [7, 11) is 2.87. The predicted molar refractivity (Wildman–Crippen MR) is 131 cm³/mol. The van der Waals surface area contributed by atoms with E-state index in [0.29, 0.717) is 23.1 Å². The number of methoxy groups -OCH3 is 2. The Labute approximate surface area is 208 Å². The van der Waals surface area contributed by atoms with Crippen molar-refractivity contribution in [1.82, 2.24) is 10.3 Å². The van der Waals surface area contributed by atoms with Gasteiger partial charge in [-0.25, -0.2) is 4.98 Å². The third-order valence-corrected chi connectivity index (χ3v) is 6.70. The van der Waals surface area contributed by atoms with Crippen LogP contribution in [0, 0.1) is 6.92 Å². The van der Waals surface area contributed by atoms with Crippen LogP contribution >= 0.6 is 11.3 Å². The SMILES string of the molecule is COc1ccc(C(=O)NCC(=O)c2cc(C(F)(F)F)cc(-c3csc4c(C)cccc34)n2)cc1OC. The van der Waals surface area contributed by atoms with Crippen LogP contribution in [0.25, 0.3) is 21.3 Å². The molecule has 1 N–H and O–H groups in total. The number of rotatable bonds is 7. The predicted octanol–water partition coefficient (Wildman–Crippen LogP) is 5.92. The van der Waals surface area contributed by atoms with E-state index in [-0.39, 0.29) is 17.0 Å². The van der Waals surface area contributed by atoms with Crippen molar-refractivity contribution in [2.45, 2.75) is 13.1 Å². The molecule has 0 aliphatic carbocycles. The second-order valence-electron chi connectivity index (χ2n) is 7.90. The molecule has 0 unspecified atom stereocenters. The summed E-state index contributed by atoms with van der Waals surface area (Å²) in [6.07, 6.45) is -4.68. The van der Waals surface area contributed by atoms with E-state index >= 15 is 0 Å². The highest BCUT2D eigenvalue weighted by atomic mass is 32.1. The Morgan fingerprint density at radius 1 is 1.03 bits per heavy atom. The van der Waals surface area contributed by atoms with Crippen LogP contribution in [0.4, 0.5) is 13.2 Å². The summed E-state index contributed by atoms with van der Waals surface area (Å²) in [6.45, 7) is 1.38. The van der Waals surface area contributed by atoms with Crippen molar-refractivity contribution in [2.75, 3.05) is 20.8 Å². The number of halogens is 3. The van der Waals surface area contributed by atoms with Gasteiger partial charge < -0.3 is 14.8 Å². The number of nitrogens with one attached hydrogen (secondary N) is 1. The number of carbonyl (C=O) groups excluding carboxylic acids is 2. The normalized spacial score (nSPS) is 11.4. The Bertz CT molecular complexity index is 1460. The molecule has 2 heterocycles. The summed E-state index contributed by atoms with van der Waals surface area (Å²) in [5.41, 5.74) is 0.348. The number of fused-ring (bicyclic) bond motifs is 1. The van der Waals surface area contributed by atoms with Crippen molar-refractivity contribution in [1.29, 1.82) is 0 Å². The molecule has 1 amide bonds. The number of aryl methyl sites for hydroxylation is 1. The first-order valence-electron chi connectivity index (χ1n) is 10.7. The van der Waals surface area contributed by atoms with Gasteiger partial charge in [0.15, 0.2) is 17.3 Å². The van der Waals surface area contributed by atoms with Crippen LogP contribution in [0.3, 0.4) is 0 Å². The molecule has 2 aromatic heterocycles. The molecule has 0 aliphatic heterocycles. The number of hydrogen-bond donors (Lipinski definition) is 1. The van der Waals surface area contributed by atoms with E-state index in [1.165, 1.54) is 43.8 Å². The van der Waals surface area contributed by atoms with Gasteiger partial charge in [0.05, 0.1) is 32.0 Å². The Balaban J connectivity index is 1.63. The number of benzene rings is 2. The fraction of sp³-hybridized carbons (Fsp3) is 0.192. The molecule has 0 fully saturated rings. The minimum Gasteiger partial charge on any atom is -0.493 e. The van der Waals surface area contributed by atoms with Crippen LogP contribution in [-0.4, -0.2) is 37.4 Å². The maximum atomic E-state index is 13.7. The highest BCUT2D eigenvalue weighted by molar-refractivity contribution is 7.18. The van der Waals surface area contributed by atoms with E-state index in [4.69, 9.17) is 9.47 Å². The first-order chi connectivity index (χ1) is 17.1. The number of amides is 1. The molecular weight excluding hydrogens is 493 g/mol. The second kappa shape index (κ2) is 9.98. The number of thiophene rings is 1. The summed E-state index contributed by atoms with van der Waals surface area (Å²) in [6, 6.07) is 11.6. The molecule has 4 aromatic rings. The van der Waals surface area contributed by atoms with Crippen molar-refractivity contribution in [3.8, 4) is 22.8 Å². The summed E-state index contributed by atoms with van der Waals surface area (Å²) in [5.74, 6) is -0.622. The highest BCUT2D eigenvalue weighted by Gasteiger charge is 2.33. The van der Waals surface area contributed by atoms with Crippen molar-refractivity contribution in [2.24, 2.45) is 0 Å².